The van der Waals surface area contributed by atoms with E-state index in [-0.39, 0.29) is 10.6 Å². The van der Waals surface area contributed by atoms with Gasteiger partial charge in [-0.2, -0.15) is 0 Å². The van der Waals surface area contributed by atoms with E-state index in [1.54, 1.807) is 12.1 Å². The van der Waals surface area contributed by atoms with Crippen LogP contribution in [0.15, 0.2) is 57.2 Å². The maximum Gasteiger partial charge on any atom is 0.294 e. The van der Waals surface area contributed by atoms with Crippen LogP contribution >= 0.6 is 23.5 Å². The summed E-state index contributed by atoms with van der Waals surface area (Å²) in [6.45, 7) is 1.45. The molecule has 2 aromatic rings. The van der Waals surface area contributed by atoms with Crippen molar-refractivity contribution in [2.45, 2.75) is 16.7 Å². The minimum atomic E-state index is -0.804. The Bertz CT molecular complexity index is 1050. The van der Waals surface area contributed by atoms with Gasteiger partial charge in [0.2, 0.25) is 5.91 Å². The number of thioether (sulfide) groups is 1. The van der Waals surface area contributed by atoms with Crippen LogP contribution in [0.1, 0.15) is 11.1 Å². The number of nitrogens with two attached hydrogens (primary N) is 1. The number of hydrogen-bond acceptors (Lipinski definition) is 7. The number of benzene rings is 2. The van der Waals surface area contributed by atoms with Crippen LogP contribution in [0.4, 0.5) is 10.5 Å². The normalized spacial score (nSPS) is 15.2. The zero-order valence-corrected chi connectivity index (χ0v) is 16.8. The number of aryl methyl sites for hydroxylation is 1. The number of primary amides is 1. The molecule has 8 nitrogen and oxygen atoms in total. The molecule has 0 aromatic heterocycles. The van der Waals surface area contributed by atoms with Crippen molar-refractivity contribution in [1.29, 1.82) is 0 Å². The fourth-order valence-electron chi connectivity index (χ4n) is 2.53. The molecule has 29 heavy (non-hydrogen) atoms. The molecule has 2 aromatic carbocycles. The summed E-state index contributed by atoms with van der Waals surface area (Å²) in [6.07, 6.45) is 1.39. The Balaban J connectivity index is 1.88. The summed E-state index contributed by atoms with van der Waals surface area (Å²) in [7, 11) is 0. The van der Waals surface area contributed by atoms with Crippen molar-refractivity contribution in [2.75, 3.05) is 6.54 Å². The van der Waals surface area contributed by atoms with E-state index in [0.717, 1.165) is 15.4 Å². The second kappa shape index (κ2) is 8.50. The first kappa shape index (κ1) is 20.6. The van der Waals surface area contributed by atoms with Crippen molar-refractivity contribution in [3.63, 3.8) is 0 Å². The third-order valence-corrected chi connectivity index (χ3v) is 5.89. The number of carbonyl (C=O) groups excluding carboxylic acids is 3. The number of imide groups is 1. The molecule has 0 saturated carbocycles. The van der Waals surface area contributed by atoms with E-state index in [4.69, 9.17) is 5.73 Å². The Morgan fingerprint density at radius 3 is 2.55 bits per heavy atom. The topological polar surface area (TPSA) is 124 Å². The molecule has 1 aliphatic rings. The molecule has 0 bridgehead atoms. The van der Waals surface area contributed by atoms with Gasteiger partial charge in [0.05, 0.1) is 14.7 Å². The molecule has 0 unspecified atom stereocenters. The van der Waals surface area contributed by atoms with Crippen molar-refractivity contribution in [1.82, 2.24) is 4.90 Å². The minimum absolute atomic E-state index is 0.0736. The summed E-state index contributed by atoms with van der Waals surface area (Å²) >= 11 is 1.92. The standard InChI is InChI=1S/C19H15N3O5S2/c1-11-2-5-13(6-3-11)28-15-7-4-12(8-14(15)22(26)27)9-16-18(24)21(10-17(20)23)19(25)29-16/h2-9H,10H2,1H3,(H2,20,23)/b16-9-. The summed E-state index contributed by atoms with van der Waals surface area (Å²) in [5.41, 5.74) is 6.42. The molecule has 3 rings (SSSR count). The smallest absolute Gasteiger partial charge is 0.294 e. The lowest BCUT2D eigenvalue weighted by atomic mass is 10.2. The van der Waals surface area contributed by atoms with Gasteiger partial charge >= 0.3 is 0 Å². The molecule has 1 saturated heterocycles. The molecule has 2 N–H and O–H groups in total. The molecule has 10 heteroatoms. The number of amides is 3. The fourth-order valence-corrected chi connectivity index (χ4v) is 4.27. The monoisotopic (exact) mass is 429 g/mol. The molecule has 1 heterocycles. The number of carbonyl (C=O) groups is 3. The highest BCUT2D eigenvalue weighted by Gasteiger charge is 2.35. The van der Waals surface area contributed by atoms with Gasteiger partial charge in [0, 0.05) is 11.0 Å². The lowest BCUT2D eigenvalue weighted by Gasteiger charge is -2.08. The Kier molecular flexibility index (Phi) is 6.04. The van der Waals surface area contributed by atoms with Crippen LogP contribution in [-0.2, 0) is 9.59 Å². The van der Waals surface area contributed by atoms with Gasteiger partial charge in [-0.1, -0.05) is 35.5 Å². The van der Waals surface area contributed by atoms with Crippen molar-refractivity contribution >= 4 is 52.3 Å². The summed E-state index contributed by atoms with van der Waals surface area (Å²) in [4.78, 5) is 48.3. The molecule has 3 amide bonds. The minimum Gasteiger partial charge on any atom is -0.368 e. The van der Waals surface area contributed by atoms with Crippen LogP contribution < -0.4 is 5.73 Å². The Hall–Kier alpha value is -3.11. The van der Waals surface area contributed by atoms with Crippen molar-refractivity contribution < 1.29 is 19.3 Å². The molecular formula is C19H15N3O5S2. The second-order valence-electron chi connectivity index (χ2n) is 6.13. The highest BCUT2D eigenvalue weighted by Crippen LogP contribution is 2.37. The summed E-state index contributed by atoms with van der Waals surface area (Å²) in [5, 5.41) is 10.9. The number of hydrogen-bond donors (Lipinski definition) is 1. The highest BCUT2D eigenvalue weighted by atomic mass is 32.2. The predicted molar refractivity (Wildman–Crippen MR) is 110 cm³/mol. The van der Waals surface area contributed by atoms with E-state index in [1.165, 1.54) is 23.9 Å². The number of nitro benzene ring substituents is 1. The van der Waals surface area contributed by atoms with Crippen molar-refractivity contribution in [3.05, 3.63) is 68.6 Å². The van der Waals surface area contributed by atoms with Gasteiger partial charge in [0.1, 0.15) is 6.54 Å². The first-order valence-electron chi connectivity index (χ1n) is 8.31. The first-order valence-corrected chi connectivity index (χ1v) is 9.94. The largest absolute Gasteiger partial charge is 0.368 e. The van der Waals surface area contributed by atoms with E-state index < -0.39 is 28.5 Å². The molecule has 0 spiro atoms. The lowest BCUT2D eigenvalue weighted by Crippen LogP contribution is -2.36. The SMILES string of the molecule is Cc1ccc(Sc2ccc(/C=C3\SC(=O)N(CC(N)=O)C3=O)cc2[N+](=O)[O-])cc1. The van der Waals surface area contributed by atoms with Gasteiger partial charge < -0.3 is 5.73 Å². The van der Waals surface area contributed by atoms with Gasteiger partial charge in [-0.15, -0.1) is 0 Å². The van der Waals surface area contributed by atoms with Crippen molar-refractivity contribution in [3.8, 4) is 0 Å². The van der Waals surface area contributed by atoms with Gasteiger partial charge in [0.25, 0.3) is 16.8 Å². The third-order valence-electron chi connectivity index (χ3n) is 3.91. The van der Waals surface area contributed by atoms with E-state index in [9.17, 15) is 24.5 Å². The fraction of sp³-hybridized carbons (Fsp3) is 0.105. The van der Waals surface area contributed by atoms with Crippen LogP contribution in [0.3, 0.4) is 0 Å². The Labute approximate surface area is 174 Å². The van der Waals surface area contributed by atoms with Crippen LogP contribution in [0.2, 0.25) is 0 Å². The average Bonchev–Trinajstić information content (AvgIpc) is 2.91. The van der Waals surface area contributed by atoms with E-state index >= 15 is 0 Å². The average molecular weight is 429 g/mol. The quantitative estimate of drug-likeness (QED) is 0.423. The molecule has 0 atom stereocenters. The van der Waals surface area contributed by atoms with Crippen LogP contribution in [-0.4, -0.2) is 33.4 Å². The van der Waals surface area contributed by atoms with E-state index in [2.05, 4.69) is 0 Å². The molecule has 1 aliphatic heterocycles. The second-order valence-corrected chi connectivity index (χ2v) is 8.24. The lowest BCUT2D eigenvalue weighted by molar-refractivity contribution is -0.387. The Morgan fingerprint density at radius 2 is 1.93 bits per heavy atom. The third kappa shape index (κ3) is 4.84. The zero-order chi connectivity index (χ0) is 21.1. The van der Waals surface area contributed by atoms with Crippen LogP contribution in [0.25, 0.3) is 6.08 Å². The maximum absolute atomic E-state index is 12.3. The first-order chi connectivity index (χ1) is 13.7. The summed E-state index contributed by atoms with van der Waals surface area (Å²) < 4.78 is 0. The maximum atomic E-state index is 12.3. The van der Waals surface area contributed by atoms with Gasteiger partial charge in [-0.05, 0) is 48.5 Å². The van der Waals surface area contributed by atoms with E-state index in [0.29, 0.717) is 22.2 Å². The summed E-state index contributed by atoms with van der Waals surface area (Å²) in [5.74, 6) is -1.46. The van der Waals surface area contributed by atoms with Crippen LogP contribution in [0, 0.1) is 17.0 Å². The van der Waals surface area contributed by atoms with Crippen LogP contribution in [0.5, 0.6) is 0 Å². The molecule has 0 radical (unpaired) electrons. The zero-order valence-electron chi connectivity index (χ0n) is 15.2. The molecule has 1 fully saturated rings. The Morgan fingerprint density at radius 1 is 1.24 bits per heavy atom. The molecule has 0 aliphatic carbocycles. The number of rotatable bonds is 6. The van der Waals surface area contributed by atoms with Gasteiger partial charge in [-0.25, -0.2) is 0 Å². The molecular weight excluding hydrogens is 414 g/mol. The summed E-state index contributed by atoms with van der Waals surface area (Å²) in [6, 6.07) is 12.2. The molecule has 148 valence electrons. The number of nitro groups is 1. The highest BCUT2D eigenvalue weighted by molar-refractivity contribution is 8.18. The van der Waals surface area contributed by atoms with Gasteiger partial charge in [-0.3, -0.25) is 29.4 Å². The van der Waals surface area contributed by atoms with Crippen molar-refractivity contribution in [2.24, 2.45) is 5.73 Å². The van der Waals surface area contributed by atoms with E-state index in [1.807, 2.05) is 31.2 Å². The predicted octanol–water partition coefficient (Wildman–Crippen LogP) is 3.58. The number of nitrogens with zero attached hydrogens (tertiary/aromatic N) is 2. The van der Waals surface area contributed by atoms with Gasteiger partial charge in [0.15, 0.2) is 0 Å².